The number of likely N-dealkylation sites (N-methyl/N-ethyl adjacent to an activating group) is 1. The summed E-state index contributed by atoms with van der Waals surface area (Å²) in [4.78, 5) is 14.9. The minimum atomic E-state index is -0.468. The summed E-state index contributed by atoms with van der Waals surface area (Å²) >= 11 is 0. The third-order valence-corrected chi connectivity index (χ3v) is 1.66. The first-order valence-corrected chi connectivity index (χ1v) is 4.66. The van der Waals surface area contributed by atoms with Gasteiger partial charge >= 0.3 is 0 Å². The van der Waals surface area contributed by atoms with E-state index >= 15 is 0 Å². The van der Waals surface area contributed by atoms with E-state index in [0.29, 0.717) is 25.9 Å². The first-order valence-electron chi connectivity index (χ1n) is 4.66. The van der Waals surface area contributed by atoms with Gasteiger partial charge in [0, 0.05) is 13.1 Å². The Balaban J connectivity index is 3.58. The molecule has 0 saturated carbocycles. The van der Waals surface area contributed by atoms with Gasteiger partial charge in [-0.3, -0.25) is 9.79 Å². The van der Waals surface area contributed by atoms with Gasteiger partial charge in [-0.15, -0.1) is 0 Å². The van der Waals surface area contributed by atoms with Crippen LogP contribution >= 0.6 is 0 Å². The zero-order valence-corrected chi connectivity index (χ0v) is 8.49. The molecular weight excluding hydrogens is 182 g/mol. The average Bonchev–Trinajstić information content (AvgIpc) is 2.12. The van der Waals surface area contributed by atoms with Crippen molar-refractivity contribution in [3.05, 3.63) is 0 Å². The number of nitrogens with two attached hydrogens (primary N) is 3. The van der Waals surface area contributed by atoms with E-state index in [4.69, 9.17) is 17.2 Å². The van der Waals surface area contributed by atoms with Gasteiger partial charge in [-0.2, -0.15) is 0 Å². The van der Waals surface area contributed by atoms with Gasteiger partial charge in [-0.25, -0.2) is 0 Å². The van der Waals surface area contributed by atoms with Crippen molar-refractivity contribution < 1.29 is 4.79 Å². The highest BCUT2D eigenvalue weighted by Crippen LogP contribution is 1.94. The van der Waals surface area contributed by atoms with Crippen molar-refractivity contribution in [2.75, 3.05) is 13.1 Å². The zero-order chi connectivity index (χ0) is 11.0. The first kappa shape index (κ1) is 12.7. The molecule has 14 heavy (non-hydrogen) atoms. The Morgan fingerprint density at radius 1 is 1.50 bits per heavy atom. The summed E-state index contributed by atoms with van der Waals surface area (Å²) in [6.45, 7) is 2.96. The van der Waals surface area contributed by atoms with Crippen LogP contribution in [0.4, 0.5) is 0 Å². The fraction of sp³-hybridized carbons (Fsp3) is 0.750. The van der Waals surface area contributed by atoms with Crippen LogP contribution in [0, 0.1) is 0 Å². The summed E-state index contributed by atoms with van der Waals surface area (Å²) in [5.41, 5.74) is 15.9. The van der Waals surface area contributed by atoms with Crippen LogP contribution in [-0.4, -0.2) is 31.0 Å². The van der Waals surface area contributed by atoms with Crippen LogP contribution in [0.5, 0.6) is 0 Å². The van der Waals surface area contributed by atoms with Crippen LogP contribution < -0.4 is 22.5 Å². The molecule has 6 nitrogen and oxygen atoms in total. The summed E-state index contributed by atoms with van der Waals surface area (Å²) in [7, 11) is 0. The molecule has 0 heterocycles. The molecule has 0 spiro atoms. The van der Waals surface area contributed by atoms with E-state index in [1.165, 1.54) is 0 Å². The molecule has 0 aliphatic heterocycles. The maximum absolute atomic E-state index is 11.1. The van der Waals surface area contributed by atoms with Crippen molar-refractivity contribution in [3.63, 3.8) is 0 Å². The van der Waals surface area contributed by atoms with Gasteiger partial charge in [0.2, 0.25) is 5.91 Å². The van der Waals surface area contributed by atoms with Crippen LogP contribution in [0.1, 0.15) is 19.8 Å². The summed E-state index contributed by atoms with van der Waals surface area (Å²) in [5.74, 6) is -0.0613. The molecule has 0 aliphatic carbocycles. The van der Waals surface area contributed by atoms with Crippen LogP contribution in [0.2, 0.25) is 0 Å². The van der Waals surface area contributed by atoms with Crippen LogP contribution in [0.15, 0.2) is 4.99 Å². The second kappa shape index (κ2) is 7.14. The van der Waals surface area contributed by atoms with E-state index in [0.717, 1.165) is 0 Å². The fourth-order valence-corrected chi connectivity index (χ4v) is 0.956. The quantitative estimate of drug-likeness (QED) is 0.237. The predicted molar refractivity (Wildman–Crippen MR) is 56.6 cm³/mol. The van der Waals surface area contributed by atoms with E-state index in [-0.39, 0.29) is 11.9 Å². The molecule has 0 aromatic carbocycles. The number of hydrogen-bond acceptors (Lipinski definition) is 3. The average molecular weight is 201 g/mol. The van der Waals surface area contributed by atoms with Crippen LogP contribution in [-0.2, 0) is 4.79 Å². The molecule has 0 aromatic heterocycles. The standard InChI is InChI=1S/C8H19N5O/c1-2-12-7(14)6(9)4-3-5-13-8(10)11/h6H,2-5,9H2,1H3,(H,12,14)(H4,10,11,13)/t6-/m0/s1. The lowest BCUT2D eigenvalue weighted by molar-refractivity contribution is -0.122. The second-order valence-electron chi connectivity index (χ2n) is 2.95. The lowest BCUT2D eigenvalue weighted by Gasteiger charge is -2.09. The van der Waals surface area contributed by atoms with Gasteiger partial charge in [0.15, 0.2) is 5.96 Å². The van der Waals surface area contributed by atoms with Crippen molar-refractivity contribution >= 4 is 11.9 Å². The Labute approximate surface area is 83.9 Å². The second-order valence-corrected chi connectivity index (χ2v) is 2.95. The molecule has 0 aromatic rings. The Kier molecular flexibility index (Phi) is 6.47. The highest BCUT2D eigenvalue weighted by atomic mass is 16.2. The van der Waals surface area contributed by atoms with Gasteiger partial charge < -0.3 is 22.5 Å². The van der Waals surface area contributed by atoms with E-state index in [9.17, 15) is 4.79 Å². The Bertz CT molecular complexity index is 200. The number of guanidine groups is 1. The third-order valence-electron chi connectivity index (χ3n) is 1.66. The lowest BCUT2D eigenvalue weighted by Crippen LogP contribution is -2.40. The number of rotatable bonds is 6. The maximum Gasteiger partial charge on any atom is 0.236 e. The number of nitrogens with zero attached hydrogens (tertiary/aromatic N) is 1. The van der Waals surface area contributed by atoms with Crippen molar-refractivity contribution in [1.29, 1.82) is 0 Å². The van der Waals surface area contributed by atoms with Gasteiger partial charge in [-0.1, -0.05) is 0 Å². The molecule has 1 atom stereocenters. The molecule has 0 saturated heterocycles. The summed E-state index contributed by atoms with van der Waals surface area (Å²) in [6.07, 6.45) is 1.29. The summed E-state index contributed by atoms with van der Waals surface area (Å²) < 4.78 is 0. The van der Waals surface area contributed by atoms with Gasteiger partial charge in [0.05, 0.1) is 6.04 Å². The Morgan fingerprint density at radius 2 is 2.14 bits per heavy atom. The number of hydrogen-bond donors (Lipinski definition) is 4. The summed E-state index contributed by atoms with van der Waals surface area (Å²) in [6, 6.07) is -0.468. The SMILES string of the molecule is CCNC(=O)[C@@H](N)CCCN=C(N)N. The van der Waals surface area contributed by atoms with Crippen LogP contribution in [0.3, 0.4) is 0 Å². The molecule has 0 unspecified atom stereocenters. The van der Waals surface area contributed by atoms with Crippen molar-refractivity contribution in [1.82, 2.24) is 5.32 Å². The fourth-order valence-electron chi connectivity index (χ4n) is 0.956. The minimum Gasteiger partial charge on any atom is -0.370 e. The molecule has 0 aliphatic rings. The molecule has 0 fully saturated rings. The lowest BCUT2D eigenvalue weighted by atomic mass is 10.1. The molecule has 82 valence electrons. The Hall–Kier alpha value is -1.30. The first-order chi connectivity index (χ1) is 6.57. The molecule has 6 heteroatoms. The van der Waals surface area contributed by atoms with Gasteiger partial charge in [0.25, 0.3) is 0 Å². The van der Waals surface area contributed by atoms with Crippen molar-refractivity contribution in [3.8, 4) is 0 Å². The molecule has 7 N–H and O–H groups in total. The third kappa shape index (κ3) is 6.24. The largest absolute Gasteiger partial charge is 0.370 e. The smallest absolute Gasteiger partial charge is 0.236 e. The van der Waals surface area contributed by atoms with Crippen molar-refractivity contribution in [2.45, 2.75) is 25.8 Å². The van der Waals surface area contributed by atoms with Crippen LogP contribution in [0.25, 0.3) is 0 Å². The minimum absolute atomic E-state index is 0.0663. The maximum atomic E-state index is 11.1. The van der Waals surface area contributed by atoms with E-state index < -0.39 is 6.04 Å². The van der Waals surface area contributed by atoms with Crippen molar-refractivity contribution in [2.24, 2.45) is 22.2 Å². The highest BCUT2D eigenvalue weighted by molar-refractivity contribution is 5.81. The molecule has 0 radical (unpaired) electrons. The molecule has 0 rings (SSSR count). The predicted octanol–water partition coefficient (Wildman–Crippen LogP) is -1.50. The topological polar surface area (TPSA) is 120 Å². The number of aliphatic imine (C=N–C) groups is 1. The number of amides is 1. The monoisotopic (exact) mass is 201 g/mol. The summed E-state index contributed by atoms with van der Waals surface area (Å²) in [5, 5.41) is 2.65. The zero-order valence-electron chi connectivity index (χ0n) is 8.49. The van der Waals surface area contributed by atoms with E-state index in [2.05, 4.69) is 10.3 Å². The van der Waals surface area contributed by atoms with Gasteiger partial charge in [-0.05, 0) is 19.8 Å². The van der Waals surface area contributed by atoms with E-state index in [1.54, 1.807) is 0 Å². The van der Waals surface area contributed by atoms with Gasteiger partial charge in [0.1, 0.15) is 0 Å². The number of nitrogens with one attached hydrogen (secondary N) is 1. The molecule has 0 bridgehead atoms. The number of carbonyl (C=O) groups is 1. The molecule has 1 amide bonds. The molecular formula is C8H19N5O. The normalized spacial score (nSPS) is 11.9. The highest BCUT2D eigenvalue weighted by Gasteiger charge is 2.10. The van der Waals surface area contributed by atoms with E-state index in [1.807, 2.05) is 6.92 Å². The Morgan fingerprint density at radius 3 is 2.64 bits per heavy atom. The number of carbonyl (C=O) groups excluding carboxylic acids is 1.